The normalized spacial score (nSPS) is 18.6. The van der Waals surface area contributed by atoms with E-state index in [2.05, 4.69) is 10.6 Å². The summed E-state index contributed by atoms with van der Waals surface area (Å²) in [4.78, 5) is 50.1. The van der Waals surface area contributed by atoms with Crippen LogP contribution in [0, 0.1) is 6.92 Å². The average Bonchev–Trinajstić information content (AvgIpc) is 3.24. The summed E-state index contributed by atoms with van der Waals surface area (Å²) >= 11 is 0. The molecule has 0 aromatic heterocycles. The van der Waals surface area contributed by atoms with Gasteiger partial charge < -0.3 is 15.4 Å². The molecule has 29 heavy (non-hydrogen) atoms. The average molecular weight is 401 g/mol. The Morgan fingerprint density at radius 1 is 1.24 bits per heavy atom. The zero-order valence-corrected chi connectivity index (χ0v) is 16.8. The Morgan fingerprint density at radius 2 is 1.93 bits per heavy atom. The summed E-state index contributed by atoms with van der Waals surface area (Å²) in [5.74, 6) is -1.15. The van der Waals surface area contributed by atoms with Crippen LogP contribution in [0.5, 0.6) is 0 Å². The molecule has 4 amide bonds. The number of hydrogen-bond acceptors (Lipinski definition) is 5. The van der Waals surface area contributed by atoms with Crippen molar-refractivity contribution in [3.05, 3.63) is 29.8 Å². The third-order valence-corrected chi connectivity index (χ3v) is 5.55. The molecule has 8 nitrogen and oxygen atoms in total. The zero-order valence-electron chi connectivity index (χ0n) is 16.8. The van der Waals surface area contributed by atoms with Crippen molar-refractivity contribution in [1.29, 1.82) is 0 Å². The number of hydrogen-bond donors (Lipinski definition) is 2. The fourth-order valence-electron chi connectivity index (χ4n) is 3.84. The predicted molar refractivity (Wildman–Crippen MR) is 106 cm³/mol. The monoisotopic (exact) mass is 401 g/mol. The molecule has 1 saturated heterocycles. The molecule has 1 aromatic carbocycles. The minimum absolute atomic E-state index is 0.0199. The smallest absolute Gasteiger partial charge is 0.325 e. The number of benzene rings is 1. The van der Waals surface area contributed by atoms with Crippen molar-refractivity contribution >= 4 is 29.5 Å². The lowest BCUT2D eigenvalue weighted by atomic mass is 9.98. The summed E-state index contributed by atoms with van der Waals surface area (Å²) in [6.07, 6.45) is 2.56. The number of carbonyl (C=O) groups is 4. The first kappa shape index (κ1) is 20.8. The van der Waals surface area contributed by atoms with Crippen LogP contribution in [0.4, 0.5) is 10.5 Å². The molecule has 3 rings (SSSR count). The zero-order chi connectivity index (χ0) is 21.0. The highest BCUT2D eigenvalue weighted by Gasteiger charge is 2.52. The number of amides is 4. The lowest BCUT2D eigenvalue weighted by Gasteiger charge is -2.20. The number of imide groups is 1. The molecule has 1 aliphatic carbocycles. The summed E-state index contributed by atoms with van der Waals surface area (Å²) in [5, 5.41) is 5.54. The van der Waals surface area contributed by atoms with Crippen LogP contribution in [0.2, 0.25) is 0 Å². The van der Waals surface area contributed by atoms with E-state index in [0.717, 1.165) is 18.4 Å². The van der Waals surface area contributed by atoms with Gasteiger partial charge in [0.1, 0.15) is 5.54 Å². The molecule has 1 aliphatic heterocycles. The highest BCUT2D eigenvalue weighted by Crippen LogP contribution is 2.35. The molecule has 0 radical (unpaired) electrons. The SMILES string of the molecule is Cc1ccccc1NC(=O)[C@H](C)OC(=O)CCCN1C(=O)NC2(CCCC2)C1=O. The predicted octanol–water partition coefficient (Wildman–Crippen LogP) is 2.51. The van der Waals surface area contributed by atoms with Crippen molar-refractivity contribution in [2.45, 2.75) is 64.0 Å². The Morgan fingerprint density at radius 3 is 2.62 bits per heavy atom. The summed E-state index contributed by atoms with van der Waals surface area (Å²) in [6, 6.07) is 6.93. The van der Waals surface area contributed by atoms with E-state index in [9.17, 15) is 19.2 Å². The minimum atomic E-state index is -0.944. The van der Waals surface area contributed by atoms with Crippen LogP contribution >= 0.6 is 0 Å². The van der Waals surface area contributed by atoms with E-state index in [1.165, 1.54) is 11.8 Å². The van der Waals surface area contributed by atoms with E-state index in [1.54, 1.807) is 6.07 Å². The van der Waals surface area contributed by atoms with Gasteiger partial charge in [-0.05, 0) is 44.7 Å². The third kappa shape index (κ3) is 4.58. The molecular weight excluding hydrogens is 374 g/mol. The molecule has 1 spiro atoms. The standard InChI is InChI=1S/C21H27N3O5/c1-14-8-3-4-9-16(14)22-18(26)15(2)29-17(25)10-7-13-24-19(27)21(23-20(24)28)11-5-6-12-21/h3-4,8-9,15H,5-7,10-13H2,1-2H3,(H,22,26)(H,23,28)/t15-/m0/s1. The number of urea groups is 1. The first-order valence-electron chi connectivity index (χ1n) is 10.0. The number of aryl methyl sites for hydroxylation is 1. The van der Waals surface area contributed by atoms with Gasteiger partial charge >= 0.3 is 12.0 Å². The summed E-state index contributed by atoms with van der Waals surface area (Å²) in [5.41, 5.74) is 0.840. The van der Waals surface area contributed by atoms with Gasteiger partial charge in [-0.25, -0.2) is 4.79 Å². The molecule has 1 saturated carbocycles. The van der Waals surface area contributed by atoms with Gasteiger partial charge in [-0.2, -0.15) is 0 Å². The first-order chi connectivity index (χ1) is 13.8. The van der Waals surface area contributed by atoms with Gasteiger partial charge in [0.15, 0.2) is 6.10 Å². The molecule has 1 aromatic rings. The van der Waals surface area contributed by atoms with Gasteiger partial charge in [0, 0.05) is 18.7 Å². The van der Waals surface area contributed by atoms with Gasteiger partial charge in [0.05, 0.1) is 0 Å². The fraction of sp³-hybridized carbons (Fsp3) is 0.524. The van der Waals surface area contributed by atoms with Gasteiger partial charge in [-0.15, -0.1) is 0 Å². The van der Waals surface area contributed by atoms with Crippen LogP contribution in [0.3, 0.4) is 0 Å². The summed E-state index contributed by atoms with van der Waals surface area (Å²) < 4.78 is 5.18. The number of rotatable bonds is 7. The number of carbonyl (C=O) groups excluding carboxylic acids is 4. The summed E-state index contributed by atoms with van der Waals surface area (Å²) in [6.45, 7) is 3.54. The van der Waals surface area contributed by atoms with E-state index in [1.807, 2.05) is 25.1 Å². The Bertz CT molecular complexity index is 816. The van der Waals surface area contributed by atoms with Gasteiger partial charge in [0.2, 0.25) is 0 Å². The first-order valence-corrected chi connectivity index (χ1v) is 10.0. The van der Waals surface area contributed by atoms with E-state index in [4.69, 9.17) is 4.74 Å². The van der Waals surface area contributed by atoms with Crippen molar-refractivity contribution in [1.82, 2.24) is 10.2 Å². The minimum Gasteiger partial charge on any atom is -0.453 e. The fourth-order valence-corrected chi connectivity index (χ4v) is 3.84. The molecule has 8 heteroatoms. The number of esters is 1. The number of anilines is 1. The Labute approximate surface area is 170 Å². The molecule has 156 valence electrons. The largest absolute Gasteiger partial charge is 0.453 e. The maximum Gasteiger partial charge on any atom is 0.325 e. The van der Waals surface area contributed by atoms with Crippen LogP contribution in [0.25, 0.3) is 0 Å². The molecule has 0 unspecified atom stereocenters. The number of para-hydroxylation sites is 1. The Balaban J connectivity index is 1.43. The van der Waals surface area contributed by atoms with Crippen LogP contribution in [-0.4, -0.2) is 46.9 Å². The molecule has 2 N–H and O–H groups in total. The lowest BCUT2D eigenvalue weighted by Crippen LogP contribution is -2.44. The van der Waals surface area contributed by atoms with Gasteiger partial charge in [-0.3, -0.25) is 19.3 Å². The highest BCUT2D eigenvalue weighted by molar-refractivity contribution is 6.07. The maximum atomic E-state index is 12.6. The van der Waals surface area contributed by atoms with E-state index in [-0.39, 0.29) is 18.9 Å². The number of ether oxygens (including phenoxy) is 1. The number of nitrogens with one attached hydrogen (secondary N) is 2. The topological polar surface area (TPSA) is 105 Å². The van der Waals surface area contributed by atoms with E-state index >= 15 is 0 Å². The number of nitrogens with zero attached hydrogens (tertiary/aromatic N) is 1. The van der Waals surface area contributed by atoms with Crippen molar-refractivity contribution in [2.75, 3.05) is 11.9 Å². The second-order valence-electron chi connectivity index (χ2n) is 7.72. The second-order valence-corrected chi connectivity index (χ2v) is 7.72. The van der Waals surface area contributed by atoms with Crippen molar-refractivity contribution in [3.8, 4) is 0 Å². The Kier molecular flexibility index (Phi) is 6.20. The highest BCUT2D eigenvalue weighted by atomic mass is 16.5. The van der Waals surface area contributed by atoms with E-state index < -0.39 is 29.6 Å². The van der Waals surface area contributed by atoms with Crippen LogP contribution in [0.15, 0.2) is 24.3 Å². The molecule has 2 aliphatic rings. The molecule has 1 heterocycles. The van der Waals surface area contributed by atoms with Crippen LogP contribution in [-0.2, 0) is 19.1 Å². The maximum absolute atomic E-state index is 12.6. The molecule has 1 atom stereocenters. The van der Waals surface area contributed by atoms with E-state index in [0.29, 0.717) is 24.9 Å². The van der Waals surface area contributed by atoms with Crippen molar-refractivity contribution in [3.63, 3.8) is 0 Å². The molecular formula is C21H27N3O5. The van der Waals surface area contributed by atoms with Crippen LogP contribution in [0.1, 0.15) is 51.0 Å². The molecule has 0 bridgehead atoms. The van der Waals surface area contributed by atoms with Gasteiger partial charge in [0.25, 0.3) is 11.8 Å². The van der Waals surface area contributed by atoms with Crippen LogP contribution < -0.4 is 10.6 Å². The third-order valence-electron chi connectivity index (χ3n) is 5.55. The Hall–Kier alpha value is -2.90. The van der Waals surface area contributed by atoms with Gasteiger partial charge in [-0.1, -0.05) is 31.0 Å². The van der Waals surface area contributed by atoms with Crippen molar-refractivity contribution < 1.29 is 23.9 Å². The second kappa shape index (κ2) is 8.63. The summed E-state index contributed by atoms with van der Waals surface area (Å²) in [7, 11) is 0. The molecule has 2 fully saturated rings. The lowest BCUT2D eigenvalue weighted by molar-refractivity contribution is -0.153. The quantitative estimate of drug-likeness (QED) is 0.540. The van der Waals surface area contributed by atoms with Crippen molar-refractivity contribution in [2.24, 2.45) is 0 Å².